The first-order valence-electron chi connectivity index (χ1n) is 18.6. The molecule has 5 rings (SSSR count). The lowest BCUT2D eigenvalue weighted by atomic mass is 9.80. The van der Waals surface area contributed by atoms with Gasteiger partial charge in [-0.15, -0.1) is 0 Å². The van der Waals surface area contributed by atoms with Gasteiger partial charge < -0.3 is 24.3 Å². The number of amides is 1. The number of rotatable bonds is 16. The SMILES string of the molecule is CCC[C@@]1(CCc2ccccc2)CC(OC(=O)NCC(=O)OC(=O)OCc2ccccc2)=C([C@H](CC)c2cccc(NS(=O)(=O)c3ccc(C(F)(F)F)cn3)c2)C(=O)O1. The fourth-order valence-electron chi connectivity index (χ4n) is 6.60. The number of benzene rings is 3. The Balaban J connectivity index is 1.39. The smallest absolute Gasteiger partial charge is 0.455 e. The van der Waals surface area contributed by atoms with E-state index in [2.05, 4.69) is 19.8 Å². The zero-order valence-electron chi connectivity index (χ0n) is 32.1. The second-order valence-corrected chi connectivity index (χ2v) is 15.3. The Morgan fingerprint density at radius 1 is 0.915 bits per heavy atom. The van der Waals surface area contributed by atoms with Crippen molar-refractivity contribution in [1.29, 1.82) is 0 Å². The zero-order chi connectivity index (χ0) is 42.6. The minimum Gasteiger partial charge on any atom is -0.455 e. The van der Waals surface area contributed by atoms with E-state index < -0.39 is 69.0 Å². The second kappa shape index (κ2) is 19.5. The molecule has 0 unspecified atom stereocenters. The number of halogens is 3. The minimum absolute atomic E-state index is 0.0108. The van der Waals surface area contributed by atoms with Crippen LogP contribution in [0.15, 0.2) is 120 Å². The average Bonchev–Trinajstić information content (AvgIpc) is 3.20. The fourth-order valence-corrected chi connectivity index (χ4v) is 7.58. The molecule has 2 atom stereocenters. The summed E-state index contributed by atoms with van der Waals surface area (Å²) < 4.78 is 89.4. The Hall–Kier alpha value is -6.23. The molecule has 4 aromatic rings. The molecule has 0 spiro atoms. The standard InChI is InChI=1S/C42H42F3N3O10S/c1-3-21-41(22-20-28-12-7-5-8-13-28)24-34(56-39(51)47-26-36(49)57-40(52)55-27-29-14-9-6-10-15-29)37(38(50)58-41)33(4-2)30-16-11-17-32(23-30)48-59(53,54)35-19-18-31(25-46-35)42(43,44)45/h5-19,23,25,33,48H,3-4,20-22,24,26-27H2,1-2H3,(H,47,51)/t33-,41-/m1/s1. The van der Waals surface area contributed by atoms with Crippen molar-refractivity contribution in [3.63, 3.8) is 0 Å². The van der Waals surface area contributed by atoms with Gasteiger partial charge in [-0.1, -0.05) is 93.1 Å². The molecule has 3 aromatic carbocycles. The monoisotopic (exact) mass is 837 g/mol. The molecule has 13 nitrogen and oxygen atoms in total. The van der Waals surface area contributed by atoms with Gasteiger partial charge in [0.1, 0.15) is 24.5 Å². The molecule has 1 aromatic heterocycles. The molecule has 312 valence electrons. The molecule has 0 saturated carbocycles. The summed E-state index contributed by atoms with van der Waals surface area (Å²) in [6.07, 6.45) is -4.57. The number of nitrogens with zero attached hydrogens (tertiary/aromatic N) is 1. The summed E-state index contributed by atoms with van der Waals surface area (Å²) in [6, 6.07) is 25.5. The number of carbonyl (C=O) groups is 4. The molecule has 0 saturated heterocycles. The van der Waals surface area contributed by atoms with Crippen molar-refractivity contribution in [1.82, 2.24) is 10.3 Å². The van der Waals surface area contributed by atoms with E-state index >= 15 is 0 Å². The van der Waals surface area contributed by atoms with Crippen LogP contribution in [0.3, 0.4) is 0 Å². The van der Waals surface area contributed by atoms with Crippen LogP contribution in [0.2, 0.25) is 0 Å². The lowest BCUT2D eigenvalue weighted by Crippen LogP contribution is -2.43. The first-order valence-corrected chi connectivity index (χ1v) is 20.1. The number of alkyl carbamates (subject to hydrolysis) is 1. The van der Waals surface area contributed by atoms with E-state index in [1.807, 2.05) is 37.3 Å². The van der Waals surface area contributed by atoms with E-state index in [1.165, 1.54) is 18.2 Å². The average molecular weight is 838 g/mol. The summed E-state index contributed by atoms with van der Waals surface area (Å²) in [4.78, 5) is 55.5. The lowest BCUT2D eigenvalue weighted by Gasteiger charge is -2.39. The van der Waals surface area contributed by atoms with E-state index in [-0.39, 0.29) is 36.5 Å². The van der Waals surface area contributed by atoms with Gasteiger partial charge in [0.25, 0.3) is 10.0 Å². The molecular weight excluding hydrogens is 796 g/mol. The third kappa shape index (κ3) is 12.1. The van der Waals surface area contributed by atoms with Gasteiger partial charge in [-0.3, -0.25) is 4.72 Å². The van der Waals surface area contributed by atoms with Gasteiger partial charge in [-0.25, -0.2) is 24.2 Å². The number of aryl methyl sites for hydroxylation is 1. The predicted molar refractivity (Wildman–Crippen MR) is 207 cm³/mol. The molecule has 1 aliphatic heterocycles. The van der Waals surface area contributed by atoms with Crippen molar-refractivity contribution in [2.24, 2.45) is 0 Å². The third-order valence-corrected chi connectivity index (χ3v) is 10.7. The van der Waals surface area contributed by atoms with Crippen molar-refractivity contribution in [2.75, 3.05) is 11.3 Å². The van der Waals surface area contributed by atoms with Crippen molar-refractivity contribution in [2.45, 2.75) is 81.7 Å². The van der Waals surface area contributed by atoms with Crippen molar-refractivity contribution in [3.05, 3.63) is 137 Å². The van der Waals surface area contributed by atoms with Crippen molar-refractivity contribution >= 4 is 39.9 Å². The van der Waals surface area contributed by atoms with Crippen LogP contribution in [-0.2, 0) is 57.8 Å². The highest BCUT2D eigenvalue weighted by molar-refractivity contribution is 7.92. The zero-order valence-corrected chi connectivity index (χ0v) is 32.9. The number of esters is 2. The molecule has 0 aliphatic carbocycles. The highest BCUT2D eigenvalue weighted by Gasteiger charge is 2.44. The summed E-state index contributed by atoms with van der Waals surface area (Å²) >= 11 is 0. The number of sulfonamides is 1. The third-order valence-electron chi connectivity index (χ3n) is 9.36. The topological polar surface area (TPSA) is 176 Å². The molecule has 2 heterocycles. The number of aromatic nitrogens is 1. The van der Waals surface area contributed by atoms with Gasteiger partial charge in [0.2, 0.25) is 0 Å². The van der Waals surface area contributed by atoms with Crippen LogP contribution in [0.1, 0.15) is 74.1 Å². The largest absolute Gasteiger partial charge is 0.516 e. The summed E-state index contributed by atoms with van der Waals surface area (Å²) in [6.45, 7) is 2.74. The van der Waals surface area contributed by atoms with Gasteiger partial charge >= 0.3 is 30.4 Å². The number of hydrogen-bond acceptors (Lipinski definition) is 11. The maximum Gasteiger partial charge on any atom is 0.516 e. The Kier molecular flexibility index (Phi) is 14.5. The highest BCUT2D eigenvalue weighted by atomic mass is 32.2. The minimum atomic E-state index is -4.72. The molecule has 17 heteroatoms. The van der Waals surface area contributed by atoms with Crippen molar-refractivity contribution < 1.29 is 59.7 Å². The number of cyclic esters (lactones) is 1. The van der Waals surface area contributed by atoms with Crippen LogP contribution in [0.4, 0.5) is 28.4 Å². The van der Waals surface area contributed by atoms with Crippen LogP contribution in [-0.4, -0.2) is 49.7 Å². The van der Waals surface area contributed by atoms with E-state index in [0.29, 0.717) is 49.1 Å². The van der Waals surface area contributed by atoms with Gasteiger partial charge in [-0.05, 0) is 66.6 Å². The first-order chi connectivity index (χ1) is 28.1. The summed E-state index contributed by atoms with van der Waals surface area (Å²) in [5, 5.41) is 1.59. The molecule has 2 N–H and O–H groups in total. The molecule has 0 bridgehead atoms. The maximum absolute atomic E-state index is 14.2. The predicted octanol–water partition coefficient (Wildman–Crippen LogP) is 8.37. The van der Waals surface area contributed by atoms with Crippen LogP contribution >= 0.6 is 0 Å². The Labute approximate surface area is 339 Å². The van der Waals surface area contributed by atoms with Gasteiger partial charge in [0.15, 0.2) is 5.03 Å². The van der Waals surface area contributed by atoms with E-state index in [0.717, 1.165) is 11.6 Å². The van der Waals surface area contributed by atoms with E-state index in [1.54, 1.807) is 43.3 Å². The van der Waals surface area contributed by atoms with E-state index in [9.17, 15) is 40.8 Å². The number of carbonyl (C=O) groups excluding carboxylic acids is 4. The van der Waals surface area contributed by atoms with Gasteiger partial charge in [-0.2, -0.15) is 21.6 Å². The number of anilines is 1. The molecule has 0 radical (unpaired) electrons. The number of hydrogen-bond donors (Lipinski definition) is 2. The lowest BCUT2D eigenvalue weighted by molar-refractivity contribution is -0.161. The molecule has 59 heavy (non-hydrogen) atoms. The van der Waals surface area contributed by atoms with Crippen LogP contribution in [0, 0.1) is 0 Å². The first kappa shape index (κ1) is 43.9. The normalized spacial score (nSPS) is 16.1. The molecular formula is C42H42F3N3O10S. The number of ether oxygens (including phenoxy) is 4. The summed E-state index contributed by atoms with van der Waals surface area (Å²) in [5.74, 6) is -2.77. The van der Waals surface area contributed by atoms with Crippen LogP contribution < -0.4 is 10.0 Å². The number of alkyl halides is 3. The second-order valence-electron chi connectivity index (χ2n) is 13.6. The summed E-state index contributed by atoms with van der Waals surface area (Å²) in [7, 11) is -4.45. The Morgan fingerprint density at radius 2 is 1.61 bits per heavy atom. The van der Waals surface area contributed by atoms with Gasteiger partial charge in [0, 0.05) is 24.2 Å². The Bertz CT molecular complexity index is 2250. The van der Waals surface area contributed by atoms with Crippen molar-refractivity contribution in [3.8, 4) is 0 Å². The molecule has 1 aliphatic rings. The number of pyridine rings is 1. The van der Waals surface area contributed by atoms with Crippen LogP contribution in [0.5, 0.6) is 0 Å². The number of nitrogens with one attached hydrogen (secondary N) is 2. The molecule has 1 amide bonds. The quantitative estimate of drug-likeness (QED) is 0.0630. The molecule has 0 fully saturated rings. The van der Waals surface area contributed by atoms with Gasteiger partial charge in [0.05, 0.1) is 11.1 Å². The highest BCUT2D eigenvalue weighted by Crippen LogP contribution is 2.43. The fraction of sp³-hybridized carbons (Fsp3) is 0.310. The maximum atomic E-state index is 14.2. The summed E-state index contributed by atoms with van der Waals surface area (Å²) in [5.41, 5.74) is -0.163. The van der Waals surface area contributed by atoms with E-state index in [4.69, 9.17) is 14.2 Å². The van der Waals surface area contributed by atoms with Crippen LogP contribution in [0.25, 0.3) is 0 Å². The Morgan fingerprint density at radius 3 is 2.24 bits per heavy atom.